The Labute approximate surface area is 226 Å². The predicted octanol–water partition coefficient (Wildman–Crippen LogP) is 3.99. The van der Waals surface area contributed by atoms with E-state index in [0.29, 0.717) is 32.6 Å². The zero-order valence-electron chi connectivity index (χ0n) is 23.0. The quantitative estimate of drug-likeness (QED) is 0.580. The number of likely N-dealkylation sites (N-methyl/N-ethyl adjacent to an activating group) is 1. The van der Waals surface area contributed by atoms with Gasteiger partial charge in [0.05, 0.1) is 29.3 Å². The van der Waals surface area contributed by atoms with E-state index in [9.17, 15) is 13.2 Å². The van der Waals surface area contributed by atoms with E-state index in [1.807, 2.05) is 44.0 Å². The summed E-state index contributed by atoms with van der Waals surface area (Å²) in [5.41, 5.74) is 5.30. The standard InChI is InChI=1S/C29H40N4O4S/c1-29(2,3)37-28(34)33-19-22-9-6-11-25(32-14-16-38(35,36)17-15-32)24(22)18-23(33)20-31(4)26-12-5-8-21-10-7-13-30-27(21)26/h6-7,9-11,13,23,26H,5,8,12,14-20H2,1-4H3/t23-,26+/m1/s1. The topological polar surface area (TPSA) is 83.1 Å². The van der Waals surface area contributed by atoms with E-state index in [0.717, 1.165) is 36.2 Å². The van der Waals surface area contributed by atoms with Gasteiger partial charge < -0.3 is 9.64 Å². The maximum Gasteiger partial charge on any atom is 0.410 e. The Morgan fingerprint density at radius 3 is 2.61 bits per heavy atom. The molecule has 1 fully saturated rings. The van der Waals surface area contributed by atoms with Gasteiger partial charge in [-0.1, -0.05) is 18.2 Å². The Kier molecular flexibility index (Phi) is 7.44. The van der Waals surface area contributed by atoms with Crippen molar-refractivity contribution in [2.45, 2.75) is 70.7 Å². The van der Waals surface area contributed by atoms with E-state index in [1.165, 1.54) is 11.1 Å². The summed E-state index contributed by atoms with van der Waals surface area (Å²) < 4.78 is 30.0. The van der Waals surface area contributed by atoms with Crippen molar-refractivity contribution in [2.24, 2.45) is 0 Å². The number of aromatic nitrogens is 1. The Hall–Kier alpha value is -2.65. The molecule has 1 aromatic heterocycles. The number of carbonyl (C=O) groups is 1. The van der Waals surface area contributed by atoms with Crippen molar-refractivity contribution in [2.75, 3.05) is 43.1 Å². The van der Waals surface area contributed by atoms with Gasteiger partial charge in [0, 0.05) is 38.1 Å². The predicted molar refractivity (Wildman–Crippen MR) is 149 cm³/mol. The van der Waals surface area contributed by atoms with Crippen LogP contribution in [0, 0.1) is 0 Å². The monoisotopic (exact) mass is 540 g/mol. The molecule has 1 saturated heterocycles. The van der Waals surface area contributed by atoms with Gasteiger partial charge in [-0.25, -0.2) is 13.2 Å². The Morgan fingerprint density at radius 1 is 1.13 bits per heavy atom. The fourth-order valence-electron chi connectivity index (χ4n) is 6.08. The zero-order chi connectivity index (χ0) is 27.1. The van der Waals surface area contributed by atoms with E-state index in [1.54, 1.807) is 0 Å². The third kappa shape index (κ3) is 5.83. The largest absolute Gasteiger partial charge is 0.444 e. The van der Waals surface area contributed by atoms with Crippen molar-refractivity contribution in [1.29, 1.82) is 0 Å². The van der Waals surface area contributed by atoms with Crippen molar-refractivity contribution < 1.29 is 17.9 Å². The summed E-state index contributed by atoms with van der Waals surface area (Å²) >= 11 is 0. The highest BCUT2D eigenvalue weighted by atomic mass is 32.2. The maximum atomic E-state index is 13.4. The fraction of sp³-hybridized carbons (Fsp3) is 0.586. The van der Waals surface area contributed by atoms with Gasteiger partial charge in [-0.05, 0) is 82.3 Å². The molecule has 5 rings (SSSR count). The van der Waals surface area contributed by atoms with Crippen LogP contribution in [0.4, 0.5) is 10.5 Å². The lowest BCUT2D eigenvalue weighted by Crippen LogP contribution is -2.52. The molecule has 2 aromatic rings. The molecule has 1 aliphatic carbocycles. The van der Waals surface area contributed by atoms with Gasteiger partial charge in [0.2, 0.25) is 0 Å². The molecular formula is C29H40N4O4S. The van der Waals surface area contributed by atoms with Crippen LogP contribution >= 0.6 is 0 Å². The van der Waals surface area contributed by atoms with Crippen LogP contribution in [-0.4, -0.2) is 79.1 Å². The highest BCUT2D eigenvalue weighted by Crippen LogP contribution is 2.36. The average Bonchev–Trinajstić information content (AvgIpc) is 2.86. The molecule has 0 spiro atoms. The number of aryl methyl sites for hydroxylation is 1. The van der Waals surface area contributed by atoms with Gasteiger partial charge in [-0.3, -0.25) is 14.8 Å². The number of hydrogen-bond donors (Lipinski definition) is 0. The molecule has 0 radical (unpaired) electrons. The zero-order valence-corrected chi connectivity index (χ0v) is 23.8. The van der Waals surface area contributed by atoms with E-state index in [4.69, 9.17) is 9.72 Å². The highest BCUT2D eigenvalue weighted by molar-refractivity contribution is 7.91. The third-order valence-electron chi connectivity index (χ3n) is 7.98. The number of nitrogens with zero attached hydrogens (tertiary/aromatic N) is 4. The molecule has 0 N–H and O–H groups in total. The van der Waals surface area contributed by atoms with Crippen LogP contribution in [0.3, 0.4) is 0 Å². The summed E-state index contributed by atoms with van der Waals surface area (Å²) in [6.45, 7) is 7.88. The fourth-order valence-corrected chi connectivity index (χ4v) is 7.29. The number of amides is 1. The molecule has 0 unspecified atom stereocenters. The molecule has 1 aromatic carbocycles. The van der Waals surface area contributed by atoms with Gasteiger partial charge in [-0.15, -0.1) is 0 Å². The van der Waals surface area contributed by atoms with Crippen LogP contribution in [0.5, 0.6) is 0 Å². The molecule has 2 aliphatic heterocycles. The van der Waals surface area contributed by atoms with Gasteiger partial charge in [0.25, 0.3) is 0 Å². The first-order valence-electron chi connectivity index (χ1n) is 13.7. The number of hydrogen-bond acceptors (Lipinski definition) is 7. The van der Waals surface area contributed by atoms with Gasteiger partial charge >= 0.3 is 6.09 Å². The number of fused-ring (bicyclic) bond motifs is 2. The van der Waals surface area contributed by atoms with E-state index in [-0.39, 0.29) is 29.7 Å². The summed E-state index contributed by atoms with van der Waals surface area (Å²) in [6.07, 6.45) is 5.50. The molecule has 8 nitrogen and oxygen atoms in total. The number of benzene rings is 1. The number of sulfone groups is 1. The van der Waals surface area contributed by atoms with Crippen LogP contribution in [0.2, 0.25) is 0 Å². The van der Waals surface area contributed by atoms with Crippen LogP contribution in [0.25, 0.3) is 0 Å². The first-order valence-corrected chi connectivity index (χ1v) is 15.5. The smallest absolute Gasteiger partial charge is 0.410 e. The molecule has 38 heavy (non-hydrogen) atoms. The lowest BCUT2D eigenvalue weighted by Gasteiger charge is -2.43. The van der Waals surface area contributed by atoms with Crippen molar-refractivity contribution >= 4 is 21.6 Å². The van der Waals surface area contributed by atoms with Crippen LogP contribution in [0.15, 0.2) is 36.5 Å². The van der Waals surface area contributed by atoms with E-state index < -0.39 is 15.4 Å². The Balaban J connectivity index is 1.44. The van der Waals surface area contributed by atoms with E-state index in [2.05, 4.69) is 35.0 Å². The summed E-state index contributed by atoms with van der Waals surface area (Å²) in [4.78, 5) is 24.6. The minimum atomic E-state index is -2.97. The Morgan fingerprint density at radius 2 is 1.87 bits per heavy atom. The molecule has 0 bridgehead atoms. The number of anilines is 1. The van der Waals surface area contributed by atoms with Gasteiger partial charge in [-0.2, -0.15) is 0 Å². The average molecular weight is 541 g/mol. The molecule has 1 amide bonds. The van der Waals surface area contributed by atoms with Crippen molar-refractivity contribution in [3.63, 3.8) is 0 Å². The van der Waals surface area contributed by atoms with Gasteiger partial charge in [0.1, 0.15) is 5.60 Å². The van der Waals surface area contributed by atoms with E-state index >= 15 is 0 Å². The molecule has 206 valence electrons. The van der Waals surface area contributed by atoms with Gasteiger partial charge in [0.15, 0.2) is 9.84 Å². The molecule has 3 heterocycles. The normalized spacial score (nSPS) is 23.1. The molecule has 3 aliphatic rings. The SMILES string of the molecule is CN(C[C@H]1Cc2c(cccc2N2CCS(=O)(=O)CC2)CN1C(=O)OC(C)(C)C)[C@H]1CCCc2cccnc21. The summed E-state index contributed by atoms with van der Waals surface area (Å²) in [6, 6.07) is 10.5. The molecule has 9 heteroatoms. The first kappa shape index (κ1) is 26.9. The van der Waals surface area contributed by atoms with Crippen LogP contribution < -0.4 is 4.90 Å². The first-order chi connectivity index (χ1) is 18.0. The van der Waals surface area contributed by atoms with Crippen molar-refractivity contribution in [3.05, 3.63) is 58.9 Å². The number of rotatable bonds is 4. The van der Waals surface area contributed by atoms with Crippen LogP contribution in [0.1, 0.15) is 62.0 Å². The number of ether oxygens (including phenoxy) is 1. The second kappa shape index (κ2) is 10.5. The minimum absolute atomic E-state index is 0.0777. The summed E-state index contributed by atoms with van der Waals surface area (Å²) in [7, 11) is -0.832. The minimum Gasteiger partial charge on any atom is -0.444 e. The second-order valence-electron chi connectivity index (χ2n) is 11.9. The second-order valence-corrected chi connectivity index (χ2v) is 14.2. The summed E-state index contributed by atoms with van der Waals surface area (Å²) in [5.74, 6) is 0.363. The molecule has 0 saturated carbocycles. The maximum absolute atomic E-state index is 13.4. The number of carbonyl (C=O) groups excluding carboxylic acids is 1. The van der Waals surface area contributed by atoms with Crippen LogP contribution in [-0.2, 0) is 34.0 Å². The van der Waals surface area contributed by atoms with Crippen molar-refractivity contribution in [3.8, 4) is 0 Å². The molecular weight excluding hydrogens is 500 g/mol. The van der Waals surface area contributed by atoms with Crippen molar-refractivity contribution in [1.82, 2.24) is 14.8 Å². The highest BCUT2D eigenvalue weighted by Gasteiger charge is 2.37. The Bertz CT molecular complexity index is 1280. The lowest BCUT2D eigenvalue weighted by molar-refractivity contribution is 0.00645. The lowest BCUT2D eigenvalue weighted by atomic mass is 9.89. The molecule has 2 atom stereocenters. The third-order valence-corrected chi connectivity index (χ3v) is 9.59. The number of pyridine rings is 1. The summed E-state index contributed by atoms with van der Waals surface area (Å²) in [5, 5.41) is 0.